The third-order valence-electron chi connectivity index (χ3n) is 1.88. The van der Waals surface area contributed by atoms with Crippen molar-refractivity contribution >= 4 is 0 Å². The fourth-order valence-corrected chi connectivity index (χ4v) is 0.975. The van der Waals surface area contributed by atoms with E-state index in [4.69, 9.17) is 24.4 Å². The van der Waals surface area contributed by atoms with E-state index in [1.165, 1.54) is 0 Å². The Morgan fingerprint density at radius 3 is 1.58 bits per heavy atom. The van der Waals surface area contributed by atoms with Crippen LogP contribution < -0.4 is 0 Å². The van der Waals surface area contributed by atoms with Crippen LogP contribution in [0.1, 0.15) is 13.8 Å². The molecule has 6 heteroatoms. The van der Waals surface area contributed by atoms with Crippen molar-refractivity contribution in [3.8, 4) is 0 Å². The lowest BCUT2D eigenvalue weighted by Crippen LogP contribution is -2.30. The van der Waals surface area contributed by atoms with E-state index in [0.717, 1.165) is 11.1 Å². The molecule has 0 rings (SSSR count). The highest BCUT2D eigenvalue weighted by molar-refractivity contribution is 4.87. The molecule has 0 aliphatic rings. The van der Waals surface area contributed by atoms with Gasteiger partial charge >= 0.3 is 0 Å². The summed E-state index contributed by atoms with van der Waals surface area (Å²) < 4.78 is 0. The van der Waals surface area contributed by atoms with Gasteiger partial charge < -0.3 is 4.84 Å². The summed E-state index contributed by atoms with van der Waals surface area (Å²) >= 11 is 0. The third kappa shape index (κ3) is 13.5. The number of rotatable bonds is 13. The highest BCUT2D eigenvalue weighted by atomic mass is 17.2. The predicted molar refractivity (Wildman–Crippen MR) is 72.0 cm³/mol. The number of hydrogen-bond acceptors (Lipinski definition) is 6. The second-order valence-electron chi connectivity index (χ2n) is 4.19. The molecule has 0 aromatic heterocycles. The SMILES string of the molecule is C=C(C)COOCCN(CCOOCC(=C)C)OC. The zero-order valence-corrected chi connectivity index (χ0v) is 12.1. The Kier molecular flexibility index (Phi) is 11.8. The summed E-state index contributed by atoms with van der Waals surface area (Å²) in [7, 11) is 1.59. The lowest BCUT2D eigenvalue weighted by atomic mass is 10.4. The molecule has 0 spiro atoms. The standard InChI is InChI=1S/C13H25NO5/c1-12(2)10-18-16-8-6-14(15-5)7-9-17-19-11-13(3)4/h1,3,6-11H2,2,4-5H3. The van der Waals surface area contributed by atoms with Crippen LogP contribution >= 0.6 is 0 Å². The molecule has 0 unspecified atom stereocenters. The van der Waals surface area contributed by atoms with Gasteiger partial charge in [-0.05, 0) is 13.8 Å². The van der Waals surface area contributed by atoms with E-state index in [1.807, 2.05) is 13.8 Å². The zero-order chi connectivity index (χ0) is 14.5. The van der Waals surface area contributed by atoms with E-state index in [2.05, 4.69) is 13.2 Å². The summed E-state index contributed by atoms with van der Waals surface area (Å²) in [4.78, 5) is 24.9. The first kappa shape index (κ1) is 18.2. The van der Waals surface area contributed by atoms with E-state index in [-0.39, 0.29) is 0 Å². The van der Waals surface area contributed by atoms with Crippen LogP contribution in [0.5, 0.6) is 0 Å². The lowest BCUT2D eigenvalue weighted by Gasteiger charge is -2.18. The zero-order valence-electron chi connectivity index (χ0n) is 12.1. The summed E-state index contributed by atoms with van der Waals surface area (Å²) in [6, 6.07) is 0. The van der Waals surface area contributed by atoms with Crippen LogP contribution in [0.25, 0.3) is 0 Å². The van der Waals surface area contributed by atoms with Gasteiger partial charge in [-0.3, -0.25) is 0 Å². The Morgan fingerprint density at radius 1 is 0.842 bits per heavy atom. The van der Waals surface area contributed by atoms with Crippen molar-refractivity contribution in [2.24, 2.45) is 0 Å². The Bertz CT molecular complexity index is 233. The maximum Gasteiger partial charge on any atom is 0.103 e. The van der Waals surface area contributed by atoms with Crippen LogP contribution in [0, 0.1) is 0 Å². The topological polar surface area (TPSA) is 49.4 Å². The second kappa shape index (κ2) is 12.3. The molecule has 19 heavy (non-hydrogen) atoms. The average Bonchev–Trinajstić information content (AvgIpc) is 2.34. The van der Waals surface area contributed by atoms with E-state index >= 15 is 0 Å². The number of hydrogen-bond donors (Lipinski definition) is 0. The van der Waals surface area contributed by atoms with Crippen LogP contribution in [0.15, 0.2) is 24.3 Å². The van der Waals surface area contributed by atoms with Gasteiger partial charge in [-0.2, -0.15) is 5.06 Å². The molecular weight excluding hydrogens is 250 g/mol. The van der Waals surface area contributed by atoms with Crippen LogP contribution in [0.2, 0.25) is 0 Å². The van der Waals surface area contributed by atoms with Gasteiger partial charge in [0.25, 0.3) is 0 Å². The molecule has 0 aromatic rings. The summed E-state index contributed by atoms with van der Waals surface area (Å²) in [5.74, 6) is 0. The van der Waals surface area contributed by atoms with E-state index in [9.17, 15) is 0 Å². The molecular formula is C13H25NO5. The first-order valence-electron chi connectivity index (χ1n) is 6.13. The molecule has 0 aromatic carbocycles. The highest BCUT2D eigenvalue weighted by Gasteiger charge is 2.04. The van der Waals surface area contributed by atoms with E-state index in [0.29, 0.717) is 39.5 Å². The molecule has 0 heterocycles. The van der Waals surface area contributed by atoms with Crippen molar-refractivity contribution < 1.29 is 24.4 Å². The van der Waals surface area contributed by atoms with E-state index < -0.39 is 0 Å². The van der Waals surface area contributed by atoms with Crippen molar-refractivity contribution in [2.45, 2.75) is 13.8 Å². The normalized spacial score (nSPS) is 10.9. The average molecular weight is 275 g/mol. The van der Waals surface area contributed by atoms with Gasteiger partial charge in [-0.15, -0.1) is 0 Å². The molecule has 0 radical (unpaired) electrons. The molecule has 0 aliphatic heterocycles. The smallest absolute Gasteiger partial charge is 0.103 e. The lowest BCUT2D eigenvalue weighted by molar-refractivity contribution is -0.308. The fourth-order valence-electron chi connectivity index (χ4n) is 0.975. The maximum atomic E-state index is 5.13. The van der Waals surface area contributed by atoms with Gasteiger partial charge in [0.05, 0.1) is 33.4 Å². The molecule has 112 valence electrons. The summed E-state index contributed by atoms with van der Waals surface area (Å²) in [6.45, 7) is 13.8. The van der Waals surface area contributed by atoms with Gasteiger partial charge in [-0.25, -0.2) is 19.6 Å². The van der Waals surface area contributed by atoms with Gasteiger partial charge in [0.15, 0.2) is 0 Å². The summed E-state index contributed by atoms with van der Waals surface area (Å²) in [5.41, 5.74) is 1.82. The largest absolute Gasteiger partial charge is 0.302 e. The van der Waals surface area contributed by atoms with Crippen molar-refractivity contribution in [3.63, 3.8) is 0 Å². The van der Waals surface area contributed by atoms with Crippen molar-refractivity contribution in [3.05, 3.63) is 24.3 Å². The van der Waals surface area contributed by atoms with Gasteiger partial charge in [0, 0.05) is 0 Å². The Balaban J connectivity index is 3.44. The molecule has 0 aliphatic carbocycles. The number of nitrogens with zero attached hydrogens (tertiary/aromatic N) is 1. The predicted octanol–water partition coefficient (Wildman–Crippen LogP) is 1.90. The van der Waals surface area contributed by atoms with Crippen molar-refractivity contribution in [1.29, 1.82) is 0 Å². The molecule has 0 bridgehead atoms. The minimum Gasteiger partial charge on any atom is -0.302 e. The quantitative estimate of drug-likeness (QED) is 0.221. The second-order valence-corrected chi connectivity index (χ2v) is 4.19. The molecule has 0 atom stereocenters. The van der Waals surface area contributed by atoms with Gasteiger partial charge in [0.1, 0.15) is 13.2 Å². The molecule has 0 fully saturated rings. The monoisotopic (exact) mass is 275 g/mol. The Morgan fingerprint density at radius 2 is 1.26 bits per heavy atom. The van der Waals surface area contributed by atoms with E-state index in [1.54, 1.807) is 12.2 Å². The Labute approximate surface area is 115 Å². The maximum absolute atomic E-state index is 5.13. The third-order valence-corrected chi connectivity index (χ3v) is 1.88. The molecule has 0 saturated carbocycles. The van der Waals surface area contributed by atoms with Gasteiger partial charge in [0.2, 0.25) is 0 Å². The minimum absolute atomic E-state index is 0.394. The first-order valence-corrected chi connectivity index (χ1v) is 6.13. The molecule has 0 amide bonds. The Hall–Kier alpha value is -0.760. The fraction of sp³-hybridized carbons (Fsp3) is 0.692. The van der Waals surface area contributed by atoms with Crippen molar-refractivity contribution in [2.75, 3.05) is 46.6 Å². The molecule has 0 saturated heterocycles. The number of hydroxylamine groups is 2. The summed E-state index contributed by atoms with van der Waals surface area (Å²) in [6.07, 6.45) is 0. The minimum atomic E-state index is 0.394. The molecule has 0 N–H and O–H groups in total. The molecule has 6 nitrogen and oxygen atoms in total. The van der Waals surface area contributed by atoms with Gasteiger partial charge in [-0.1, -0.05) is 24.3 Å². The first-order chi connectivity index (χ1) is 9.06. The van der Waals surface area contributed by atoms with Crippen LogP contribution in [0.3, 0.4) is 0 Å². The van der Waals surface area contributed by atoms with Crippen LogP contribution in [-0.2, 0) is 24.4 Å². The van der Waals surface area contributed by atoms with Crippen molar-refractivity contribution in [1.82, 2.24) is 5.06 Å². The highest BCUT2D eigenvalue weighted by Crippen LogP contribution is 1.94. The van der Waals surface area contributed by atoms with Crippen LogP contribution in [0.4, 0.5) is 0 Å². The van der Waals surface area contributed by atoms with Crippen LogP contribution in [-0.4, -0.2) is 51.7 Å². The summed E-state index contributed by atoms with van der Waals surface area (Å²) in [5, 5.41) is 1.69.